The molecule has 0 radical (unpaired) electrons. The Labute approximate surface area is 127 Å². The van der Waals surface area contributed by atoms with Crippen molar-refractivity contribution in [2.45, 2.75) is 51.7 Å². The van der Waals surface area contributed by atoms with E-state index in [0.29, 0.717) is 18.6 Å². The molecule has 1 saturated heterocycles. The van der Waals surface area contributed by atoms with Crippen molar-refractivity contribution in [1.29, 1.82) is 0 Å². The molecular weight excluding hydrogens is 268 g/mol. The summed E-state index contributed by atoms with van der Waals surface area (Å²) in [7, 11) is 0. The van der Waals surface area contributed by atoms with Crippen molar-refractivity contribution < 1.29 is 14.3 Å². The topological polar surface area (TPSA) is 59.6 Å². The molecule has 0 unspecified atom stereocenters. The minimum Gasteiger partial charge on any atom is -0.381 e. The largest absolute Gasteiger partial charge is 0.381 e. The summed E-state index contributed by atoms with van der Waals surface area (Å²) in [5.74, 6) is 1.30. The average molecular weight is 296 g/mol. The van der Waals surface area contributed by atoms with Crippen LogP contribution in [0.2, 0.25) is 0 Å². The number of hydrogen-bond donors (Lipinski definition) is 2. The number of carbonyl (C=O) groups is 1. The SMILES string of the molecule is CC1(C)[C@H](NC(=O)NCCCOCC2CC2)[C@H]2CCO[C@@H]21. The van der Waals surface area contributed by atoms with Gasteiger partial charge in [-0.2, -0.15) is 0 Å². The second-order valence-electron chi connectivity index (χ2n) is 7.32. The summed E-state index contributed by atoms with van der Waals surface area (Å²) in [6.45, 7) is 7.49. The van der Waals surface area contributed by atoms with E-state index in [0.717, 1.165) is 38.6 Å². The van der Waals surface area contributed by atoms with Crippen LogP contribution in [0.1, 0.15) is 39.5 Å². The normalized spacial score (nSPS) is 33.1. The van der Waals surface area contributed by atoms with Crippen LogP contribution in [0, 0.1) is 17.3 Å². The fourth-order valence-corrected chi connectivity index (χ4v) is 3.72. The van der Waals surface area contributed by atoms with E-state index in [9.17, 15) is 4.79 Å². The summed E-state index contributed by atoms with van der Waals surface area (Å²) < 4.78 is 11.3. The monoisotopic (exact) mass is 296 g/mol. The quantitative estimate of drug-likeness (QED) is 0.706. The number of rotatable bonds is 7. The van der Waals surface area contributed by atoms with Gasteiger partial charge < -0.3 is 20.1 Å². The third kappa shape index (κ3) is 3.34. The Bertz CT molecular complexity index is 382. The second-order valence-corrected chi connectivity index (χ2v) is 7.32. The molecule has 0 aromatic rings. The van der Waals surface area contributed by atoms with Gasteiger partial charge in [0.1, 0.15) is 0 Å². The van der Waals surface area contributed by atoms with Crippen LogP contribution in [-0.2, 0) is 9.47 Å². The minimum absolute atomic E-state index is 0.0475. The van der Waals surface area contributed by atoms with Gasteiger partial charge in [0.2, 0.25) is 0 Å². The highest BCUT2D eigenvalue weighted by atomic mass is 16.5. The van der Waals surface area contributed by atoms with E-state index < -0.39 is 0 Å². The zero-order valence-corrected chi connectivity index (χ0v) is 13.2. The fraction of sp³-hybridized carbons (Fsp3) is 0.938. The van der Waals surface area contributed by atoms with Crippen LogP contribution in [-0.4, -0.2) is 44.5 Å². The molecule has 21 heavy (non-hydrogen) atoms. The molecule has 120 valence electrons. The zero-order chi connectivity index (χ0) is 14.9. The van der Waals surface area contributed by atoms with Crippen LogP contribution >= 0.6 is 0 Å². The molecule has 3 aliphatic rings. The zero-order valence-electron chi connectivity index (χ0n) is 13.2. The van der Waals surface area contributed by atoms with Gasteiger partial charge in [-0.05, 0) is 31.6 Å². The van der Waals surface area contributed by atoms with Gasteiger partial charge in [0, 0.05) is 43.7 Å². The predicted molar refractivity (Wildman–Crippen MR) is 80.1 cm³/mol. The number of ether oxygens (including phenoxy) is 2. The number of hydrogen-bond acceptors (Lipinski definition) is 3. The van der Waals surface area contributed by atoms with Crippen molar-refractivity contribution in [3.8, 4) is 0 Å². The van der Waals surface area contributed by atoms with Crippen LogP contribution < -0.4 is 10.6 Å². The molecule has 3 fully saturated rings. The number of nitrogens with one attached hydrogen (secondary N) is 2. The molecule has 5 heteroatoms. The molecular formula is C16H28N2O3. The maximum atomic E-state index is 12.0. The molecule has 0 spiro atoms. The van der Waals surface area contributed by atoms with Crippen molar-refractivity contribution in [2.24, 2.45) is 17.3 Å². The first-order valence-corrected chi connectivity index (χ1v) is 8.33. The van der Waals surface area contributed by atoms with E-state index in [2.05, 4.69) is 24.5 Å². The predicted octanol–water partition coefficient (Wildman–Crippen LogP) is 1.92. The van der Waals surface area contributed by atoms with Crippen molar-refractivity contribution in [3.63, 3.8) is 0 Å². The lowest BCUT2D eigenvalue weighted by Gasteiger charge is -2.54. The Morgan fingerprint density at radius 2 is 2.14 bits per heavy atom. The second kappa shape index (κ2) is 6.13. The van der Waals surface area contributed by atoms with Gasteiger partial charge in [-0.1, -0.05) is 13.8 Å². The number of amides is 2. The first kappa shape index (κ1) is 15.1. The van der Waals surface area contributed by atoms with Crippen LogP contribution in [0.4, 0.5) is 4.79 Å². The standard InChI is InChI=1S/C16H28N2O3/c1-16(2)13(12-6-9-21-14(12)16)18-15(19)17-7-3-8-20-10-11-4-5-11/h11-14H,3-10H2,1-2H3,(H2,17,18,19)/t12-,13-,14+/m1/s1. The Morgan fingerprint density at radius 1 is 1.33 bits per heavy atom. The summed E-state index contributed by atoms with van der Waals surface area (Å²) in [6, 6.07) is 0.178. The van der Waals surface area contributed by atoms with Gasteiger partial charge in [0.15, 0.2) is 0 Å². The molecule has 3 atom stereocenters. The summed E-state index contributed by atoms with van der Waals surface area (Å²) >= 11 is 0. The van der Waals surface area contributed by atoms with Crippen LogP contribution in [0.3, 0.4) is 0 Å². The Balaban J connectivity index is 1.29. The Kier molecular flexibility index (Phi) is 4.41. The van der Waals surface area contributed by atoms with Gasteiger partial charge >= 0.3 is 6.03 Å². The van der Waals surface area contributed by atoms with E-state index in [1.807, 2.05) is 0 Å². The van der Waals surface area contributed by atoms with Gasteiger partial charge in [0.05, 0.1) is 6.10 Å². The first-order chi connectivity index (χ1) is 10.1. The van der Waals surface area contributed by atoms with Gasteiger partial charge in [0.25, 0.3) is 0 Å². The summed E-state index contributed by atoms with van der Waals surface area (Å²) in [6.07, 6.45) is 4.91. The summed E-state index contributed by atoms with van der Waals surface area (Å²) in [5, 5.41) is 6.06. The maximum Gasteiger partial charge on any atom is 0.315 e. The lowest BCUT2D eigenvalue weighted by Crippen LogP contribution is -2.67. The molecule has 3 rings (SSSR count). The van der Waals surface area contributed by atoms with Crippen LogP contribution in [0.5, 0.6) is 0 Å². The Morgan fingerprint density at radius 3 is 2.90 bits per heavy atom. The first-order valence-electron chi connectivity index (χ1n) is 8.33. The number of urea groups is 1. The van der Waals surface area contributed by atoms with Crippen LogP contribution in [0.25, 0.3) is 0 Å². The molecule has 0 aromatic heterocycles. The maximum absolute atomic E-state index is 12.0. The molecule has 2 N–H and O–H groups in total. The van der Waals surface area contributed by atoms with Crippen molar-refractivity contribution >= 4 is 6.03 Å². The minimum atomic E-state index is -0.0550. The highest BCUT2D eigenvalue weighted by Crippen LogP contribution is 2.51. The van der Waals surface area contributed by atoms with Gasteiger partial charge in [-0.25, -0.2) is 4.79 Å². The lowest BCUT2D eigenvalue weighted by atomic mass is 9.57. The third-order valence-electron chi connectivity index (χ3n) is 5.19. The van der Waals surface area contributed by atoms with Gasteiger partial charge in [-0.15, -0.1) is 0 Å². The molecule has 0 aromatic carbocycles. The summed E-state index contributed by atoms with van der Waals surface area (Å²) in [5.41, 5.74) is 0.0475. The van der Waals surface area contributed by atoms with Crippen molar-refractivity contribution in [3.05, 3.63) is 0 Å². The highest BCUT2D eigenvalue weighted by molar-refractivity contribution is 5.74. The average Bonchev–Trinajstić information content (AvgIpc) is 3.15. The molecule has 2 amide bonds. The van der Waals surface area contributed by atoms with E-state index in [-0.39, 0.29) is 17.5 Å². The number of fused-ring (bicyclic) bond motifs is 1. The molecule has 5 nitrogen and oxygen atoms in total. The number of carbonyl (C=O) groups excluding carboxylic acids is 1. The van der Waals surface area contributed by atoms with E-state index >= 15 is 0 Å². The Hall–Kier alpha value is -0.810. The lowest BCUT2D eigenvalue weighted by molar-refractivity contribution is -0.108. The van der Waals surface area contributed by atoms with E-state index in [4.69, 9.17) is 9.47 Å². The van der Waals surface area contributed by atoms with Crippen LogP contribution in [0.15, 0.2) is 0 Å². The smallest absolute Gasteiger partial charge is 0.315 e. The van der Waals surface area contributed by atoms with E-state index in [1.54, 1.807) is 0 Å². The van der Waals surface area contributed by atoms with Crippen molar-refractivity contribution in [2.75, 3.05) is 26.4 Å². The molecule has 2 saturated carbocycles. The molecule has 2 aliphatic carbocycles. The molecule has 0 bridgehead atoms. The van der Waals surface area contributed by atoms with Gasteiger partial charge in [-0.3, -0.25) is 0 Å². The fourth-order valence-electron chi connectivity index (χ4n) is 3.72. The molecule has 1 heterocycles. The summed E-state index contributed by atoms with van der Waals surface area (Å²) in [4.78, 5) is 12.0. The highest BCUT2D eigenvalue weighted by Gasteiger charge is 2.59. The van der Waals surface area contributed by atoms with E-state index in [1.165, 1.54) is 12.8 Å². The third-order valence-corrected chi connectivity index (χ3v) is 5.19. The molecule has 1 aliphatic heterocycles. The van der Waals surface area contributed by atoms with Crippen molar-refractivity contribution in [1.82, 2.24) is 10.6 Å².